The van der Waals surface area contributed by atoms with Crippen LogP contribution in [0.25, 0.3) is 11.1 Å². The number of hydrogen-bond acceptors (Lipinski definition) is 4. The number of carbonyl (C=O) groups excluding carboxylic acids is 1. The van der Waals surface area contributed by atoms with Gasteiger partial charge in [0.15, 0.2) is 0 Å². The number of carbonyl (C=O) groups is 1. The van der Waals surface area contributed by atoms with E-state index in [0.717, 1.165) is 28.9 Å². The number of pyridine rings is 1. The molecule has 5 nitrogen and oxygen atoms in total. The first-order valence-corrected chi connectivity index (χ1v) is 8.95. The first kappa shape index (κ1) is 18.2. The second-order valence-electron chi connectivity index (χ2n) is 7.65. The summed E-state index contributed by atoms with van der Waals surface area (Å²) < 4.78 is 11.5. The van der Waals surface area contributed by atoms with Gasteiger partial charge in [-0.2, -0.15) is 0 Å². The summed E-state index contributed by atoms with van der Waals surface area (Å²) in [5, 5.41) is 0. The van der Waals surface area contributed by atoms with Crippen LogP contribution >= 0.6 is 0 Å². The normalized spacial score (nSPS) is 16.4. The van der Waals surface area contributed by atoms with Gasteiger partial charge in [-0.05, 0) is 50.5 Å². The Morgan fingerprint density at radius 3 is 2.69 bits per heavy atom. The summed E-state index contributed by atoms with van der Waals surface area (Å²) in [4.78, 5) is 18.0. The van der Waals surface area contributed by atoms with Crippen LogP contribution in [0.5, 0.6) is 5.75 Å². The molecule has 0 bridgehead atoms. The van der Waals surface area contributed by atoms with E-state index in [9.17, 15) is 4.79 Å². The molecule has 2 aromatic rings. The lowest BCUT2D eigenvalue weighted by Crippen LogP contribution is -2.37. The highest BCUT2D eigenvalue weighted by Crippen LogP contribution is 2.41. The molecule has 0 radical (unpaired) electrons. The lowest BCUT2D eigenvalue weighted by molar-refractivity contribution is 0.0281. The van der Waals surface area contributed by atoms with Gasteiger partial charge < -0.3 is 14.4 Å². The molecule has 1 aliphatic heterocycles. The number of aromatic nitrogens is 1. The molecule has 0 spiro atoms. The van der Waals surface area contributed by atoms with E-state index >= 15 is 0 Å². The number of rotatable bonds is 3. The third-order valence-electron chi connectivity index (χ3n) is 4.39. The molecular formula is C21H26N2O3. The molecule has 0 aliphatic carbocycles. The molecule has 5 heteroatoms. The molecule has 1 amide bonds. The van der Waals surface area contributed by atoms with Crippen molar-refractivity contribution in [2.24, 2.45) is 0 Å². The molecule has 26 heavy (non-hydrogen) atoms. The molecular weight excluding hydrogens is 328 g/mol. The van der Waals surface area contributed by atoms with Crippen molar-refractivity contribution in [2.75, 3.05) is 20.2 Å². The van der Waals surface area contributed by atoms with E-state index in [1.807, 2.05) is 39.0 Å². The van der Waals surface area contributed by atoms with Gasteiger partial charge >= 0.3 is 6.09 Å². The number of benzene rings is 1. The summed E-state index contributed by atoms with van der Waals surface area (Å²) in [6, 6.07) is 10.2. The number of nitrogens with zero attached hydrogens (tertiary/aromatic N) is 2. The van der Waals surface area contributed by atoms with E-state index < -0.39 is 5.60 Å². The Bertz CT molecular complexity index is 769. The first-order valence-electron chi connectivity index (χ1n) is 8.95. The van der Waals surface area contributed by atoms with Gasteiger partial charge in [-0.25, -0.2) is 4.79 Å². The molecule has 1 aromatic heterocycles. The molecule has 3 rings (SSSR count). The zero-order valence-electron chi connectivity index (χ0n) is 15.9. The minimum Gasteiger partial charge on any atom is -0.493 e. The van der Waals surface area contributed by atoms with Crippen molar-refractivity contribution in [1.82, 2.24) is 9.88 Å². The first-order chi connectivity index (χ1) is 12.3. The minimum absolute atomic E-state index is 0.220. The Morgan fingerprint density at radius 1 is 1.27 bits per heavy atom. The molecule has 1 aliphatic rings. The summed E-state index contributed by atoms with van der Waals surface area (Å²) in [5.41, 5.74) is 2.79. The van der Waals surface area contributed by atoms with Crippen molar-refractivity contribution >= 4 is 6.09 Å². The molecule has 0 N–H and O–H groups in total. The van der Waals surface area contributed by atoms with Gasteiger partial charge in [-0.1, -0.05) is 18.2 Å². The van der Waals surface area contributed by atoms with E-state index in [4.69, 9.17) is 9.47 Å². The number of para-hydroxylation sites is 1. The van der Waals surface area contributed by atoms with Crippen LogP contribution < -0.4 is 4.74 Å². The summed E-state index contributed by atoms with van der Waals surface area (Å²) in [7, 11) is 1.79. The average molecular weight is 354 g/mol. The Balaban J connectivity index is 1.83. The van der Waals surface area contributed by atoms with Crippen LogP contribution in [-0.4, -0.2) is 41.8 Å². The largest absolute Gasteiger partial charge is 0.493 e. The molecule has 2 heterocycles. The van der Waals surface area contributed by atoms with Gasteiger partial charge in [-0.3, -0.25) is 4.98 Å². The quantitative estimate of drug-likeness (QED) is 0.815. The smallest absolute Gasteiger partial charge is 0.410 e. The van der Waals surface area contributed by atoms with Crippen LogP contribution in [0.4, 0.5) is 4.79 Å². The maximum Gasteiger partial charge on any atom is 0.410 e. The minimum atomic E-state index is -0.493. The maximum atomic E-state index is 12.3. The third kappa shape index (κ3) is 4.15. The topological polar surface area (TPSA) is 51.7 Å². The second-order valence-corrected chi connectivity index (χ2v) is 7.65. The van der Waals surface area contributed by atoms with Gasteiger partial charge in [0, 0.05) is 37.5 Å². The van der Waals surface area contributed by atoms with Crippen LogP contribution in [0.2, 0.25) is 0 Å². The van der Waals surface area contributed by atoms with Gasteiger partial charge in [0.25, 0.3) is 0 Å². The van der Waals surface area contributed by atoms with Gasteiger partial charge in [0.2, 0.25) is 0 Å². The van der Waals surface area contributed by atoms with E-state index in [1.54, 1.807) is 24.3 Å². The predicted molar refractivity (Wildman–Crippen MR) is 101 cm³/mol. The summed E-state index contributed by atoms with van der Waals surface area (Å²) in [5.74, 6) is 1.13. The number of hydrogen-bond donors (Lipinski definition) is 0. The summed E-state index contributed by atoms with van der Waals surface area (Å²) >= 11 is 0. The number of likely N-dealkylation sites (N-methyl/N-ethyl adjacent to an activating group) is 1. The zero-order chi connectivity index (χ0) is 18.7. The molecule has 0 fully saturated rings. The van der Waals surface area contributed by atoms with Crippen LogP contribution in [0.1, 0.15) is 38.7 Å². The lowest BCUT2D eigenvalue weighted by Gasteiger charge is -2.31. The van der Waals surface area contributed by atoms with Crippen LogP contribution in [-0.2, 0) is 4.74 Å². The summed E-state index contributed by atoms with van der Waals surface area (Å²) in [6.07, 6.45) is 4.15. The van der Waals surface area contributed by atoms with Crippen LogP contribution in [0, 0.1) is 0 Å². The van der Waals surface area contributed by atoms with E-state index in [-0.39, 0.29) is 12.0 Å². The van der Waals surface area contributed by atoms with Crippen molar-refractivity contribution in [2.45, 2.75) is 38.7 Å². The van der Waals surface area contributed by atoms with Gasteiger partial charge in [0.05, 0.1) is 6.61 Å². The van der Waals surface area contributed by atoms with Crippen LogP contribution in [0.15, 0.2) is 42.7 Å². The van der Waals surface area contributed by atoms with Gasteiger partial charge in [-0.15, -0.1) is 0 Å². The lowest BCUT2D eigenvalue weighted by atomic mass is 9.89. The highest BCUT2D eigenvalue weighted by molar-refractivity contribution is 5.73. The predicted octanol–water partition coefficient (Wildman–Crippen LogP) is 4.48. The zero-order valence-corrected chi connectivity index (χ0v) is 15.9. The van der Waals surface area contributed by atoms with Crippen molar-refractivity contribution < 1.29 is 14.3 Å². The molecule has 0 saturated carbocycles. The molecule has 0 saturated heterocycles. The van der Waals surface area contributed by atoms with E-state index in [0.29, 0.717) is 13.2 Å². The molecule has 0 unspecified atom stereocenters. The second kappa shape index (κ2) is 7.36. The highest BCUT2D eigenvalue weighted by Gasteiger charge is 2.28. The molecule has 1 atom stereocenters. The number of ether oxygens (including phenoxy) is 2. The third-order valence-corrected chi connectivity index (χ3v) is 4.39. The Kier molecular flexibility index (Phi) is 5.16. The maximum absolute atomic E-state index is 12.3. The van der Waals surface area contributed by atoms with E-state index in [1.165, 1.54) is 0 Å². The fourth-order valence-electron chi connectivity index (χ4n) is 3.19. The highest BCUT2D eigenvalue weighted by atomic mass is 16.6. The Labute approximate surface area is 155 Å². The van der Waals surface area contributed by atoms with Crippen LogP contribution in [0.3, 0.4) is 0 Å². The summed E-state index contributed by atoms with van der Waals surface area (Å²) in [6.45, 7) is 6.88. The Morgan fingerprint density at radius 2 is 2.00 bits per heavy atom. The van der Waals surface area contributed by atoms with Crippen molar-refractivity contribution in [1.29, 1.82) is 0 Å². The molecule has 1 aromatic carbocycles. The van der Waals surface area contributed by atoms with Gasteiger partial charge in [0.1, 0.15) is 11.4 Å². The van der Waals surface area contributed by atoms with Crippen molar-refractivity contribution in [3.63, 3.8) is 0 Å². The fraction of sp³-hybridized carbons (Fsp3) is 0.429. The monoisotopic (exact) mass is 354 g/mol. The number of fused-ring (bicyclic) bond motifs is 1. The molecule has 138 valence electrons. The fourth-order valence-corrected chi connectivity index (χ4v) is 3.19. The SMILES string of the molecule is CN(C[C@H]1CCOc2c(-c3ccncc3)cccc21)C(=O)OC(C)(C)C. The standard InChI is InChI=1S/C21H26N2O3/c1-21(2,3)26-20(24)23(4)14-16-10-13-25-19-17(6-5-7-18(16)19)15-8-11-22-12-9-15/h5-9,11-12,16H,10,13-14H2,1-4H3/t16-/m1/s1. The van der Waals surface area contributed by atoms with Crippen molar-refractivity contribution in [3.8, 4) is 16.9 Å². The van der Waals surface area contributed by atoms with E-state index in [2.05, 4.69) is 17.1 Å². The van der Waals surface area contributed by atoms with Crippen molar-refractivity contribution in [3.05, 3.63) is 48.3 Å². The number of amides is 1. The Hall–Kier alpha value is -2.56. The average Bonchev–Trinajstić information content (AvgIpc) is 2.61.